The number of anilines is 1. The number of hydrogen-bond donors (Lipinski definition) is 1. The standard InChI is InChI=1S/C16H24N2O2S/c1-4-17-11-7-12-5-6-13(8-11)18(12)14-10(2)9-21-15(14)16(19)20-3/h9,11-13,17H,4-8H2,1-3H3. The Morgan fingerprint density at radius 2 is 2.10 bits per heavy atom. The van der Waals surface area contributed by atoms with Crippen LogP contribution in [0.25, 0.3) is 0 Å². The Bertz CT molecular complexity index is 514. The highest BCUT2D eigenvalue weighted by Crippen LogP contribution is 2.44. The van der Waals surface area contributed by atoms with E-state index in [4.69, 9.17) is 4.74 Å². The summed E-state index contributed by atoms with van der Waals surface area (Å²) in [4.78, 5) is 15.3. The predicted octanol–water partition coefficient (Wildman–Crippen LogP) is 2.95. The smallest absolute Gasteiger partial charge is 0.350 e. The zero-order valence-electron chi connectivity index (χ0n) is 13.0. The van der Waals surface area contributed by atoms with E-state index in [1.54, 1.807) is 0 Å². The molecule has 3 heterocycles. The van der Waals surface area contributed by atoms with Crippen molar-refractivity contribution < 1.29 is 9.53 Å². The van der Waals surface area contributed by atoms with E-state index in [2.05, 4.69) is 29.4 Å². The zero-order valence-corrected chi connectivity index (χ0v) is 13.8. The van der Waals surface area contributed by atoms with E-state index >= 15 is 0 Å². The maximum atomic E-state index is 12.0. The summed E-state index contributed by atoms with van der Waals surface area (Å²) in [6, 6.07) is 1.75. The van der Waals surface area contributed by atoms with Crippen molar-refractivity contribution in [2.24, 2.45) is 0 Å². The van der Waals surface area contributed by atoms with Gasteiger partial charge in [-0.2, -0.15) is 0 Å². The van der Waals surface area contributed by atoms with Crippen LogP contribution >= 0.6 is 11.3 Å². The molecule has 116 valence electrons. The lowest BCUT2D eigenvalue weighted by atomic mass is 9.96. The summed E-state index contributed by atoms with van der Waals surface area (Å²) in [6.07, 6.45) is 4.84. The summed E-state index contributed by atoms with van der Waals surface area (Å²) in [6.45, 7) is 5.32. The molecule has 0 radical (unpaired) electrons. The minimum atomic E-state index is -0.198. The van der Waals surface area contributed by atoms with Crippen LogP contribution < -0.4 is 10.2 Å². The first-order valence-corrected chi connectivity index (χ1v) is 8.71. The number of ether oxygens (including phenoxy) is 1. The summed E-state index contributed by atoms with van der Waals surface area (Å²) < 4.78 is 4.96. The fraction of sp³-hybridized carbons (Fsp3) is 0.688. The molecule has 2 bridgehead atoms. The van der Waals surface area contributed by atoms with Gasteiger partial charge in [-0.3, -0.25) is 0 Å². The molecule has 0 aromatic carbocycles. The second-order valence-corrected chi connectivity index (χ2v) is 6.99. The van der Waals surface area contributed by atoms with Gasteiger partial charge < -0.3 is 15.0 Å². The summed E-state index contributed by atoms with van der Waals surface area (Å²) >= 11 is 1.51. The maximum absolute atomic E-state index is 12.0. The number of nitrogens with one attached hydrogen (secondary N) is 1. The molecule has 4 nitrogen and oxygen atoms in total. The lowest BCUT2D eigenvalue weighted by Crippen LogP contribution is -2.49. The Hall–Kier alpha value is -1.07. The molecule has 2 unspecified atom stereocenters. The quantitative estimate of drug-likeness (QED) is 0.868. The van der Waals surface area contributed by atoms with Crippen molar-refractivity contribution in [1.82, 2.24) is 5.32 Å². The molecule has 0 saturated carbocycles. The van der Waals surface area contributed by atoms with Crippen LogP contribution in [0.5, 0.6) is 0 Å². The average molecular weight is 308 g/mol. The van der Waals surface area contributed by atoms with E-state index in [0.29, 0.717) is 18.1 Å². The number of rotatable bonds is 4. The Morgan fingerprint density at radius 3 is 2.67 bits per heavy atom. The predicted molar refractivity (Wildman–Crippen MR) is 86.4 cm³/mol. The van der Waals surface area contributed by atoms with E-state index in [-0.39, 0.29) is 5.97 Å². The van der Waals surface area contributed by atoms with Crippen molar-refractivity contribution in [2.45, 2.75) is 57.7 Å². The van der Waals surface area contributed by atoms with E-state index in [1.807, 2.05) is 0 Å². The Balaban J connectivity index is 1.89. The van der Waals surface area contributed by atoms with E-state index in [1.165, 1.54) is 49.7 Å². The van der Waals surface area contributed by atoms with Crippen molar-refractivity contribution in [3.63, 3.8) is 0 Å². The number of esters is 1. The summed E-state index contributed by atoms with van der Waals surface area (Å²) in [5.74, 6) is -0.198. The van der Waals surface area contributed by atoms with Crippen LogP contribution in [-0.4, -0.2) is 37.7 Å². The number of thiophene rings is 1. The number of hydrogen-bond acceptors (Lipinski definition) is 5. The number of aryl methyl sites for hydroxylation is 1. The van der Waals surface area contributed by atoms with Crippen LogP contribution in [0.1, 0.15) is 47.8 Å². The first-order valence-electron chi connectivity index (χ1n) is 7.83. The monoisotopic (exact) mass is 308 g/mol. The minimum Gasteiger partial charge on any atom is -0.465 e. The fourth-order valence-corrected chi connectivity index (χ4v) is 4.96. The van der Waals surface area contributed by atoms with Gasteiger partial charge in [0.05, 0.1) is 12.8 Å². The van der Waals surface area contributed by atoms with Crippen molar-refractivity contribution in [3.8, 4) is 0 Å². The Labute approximate surface area is 130 Å². The Morgan fingerprint density at radius 1 is 1.43 bits per heavy atom. The van der Waals surface area contributed by atoms with E-state index in [9.17, 15) is 4.79 Å². The third kappa shape index (κ3) is 2.57. The maximum Gasteiger partial charge on any atom is 0.350 e. The third-order valence-corrected chi connectivity index (χ3v) is 5.86. The van der Waals surface area contributed by atoms with Crippen LogP contribution in [0.2, 0.25) is 0 Å². The van der Waals surface area contributed by atoms with E-state index < -0.39 is 0 Å². The highest BCUT2D eigenvalue weighted by molar-refractivity contribution is 7.12. The van der Waals surface area contributed by atoms with Gasteiger partial charge in [0.2, 0.25) is 0 Å². The second kappa shape index (κ2) is 5.97. The number of nitrogens with zero attached hydrogens (tertiary/aromatic N) is 1. The Kier molecular flexibility index (Phi) is 4.22. The fourth-order valence-electron chi connectivity index (χ4n) is 3.99. The van der Waals surface area contributed by atoms with Crippen LogP contribution in [0.4, 0.5) is 5.69 Å². The van der Waals surface area contributed by atoms with Gasteiger partial charge in [0, 0.05) is 18.1 Å². The molecular weight excluding hydrogens is 284 g/mol. The van der Waals surface area contributed by atoms with Crippen molar-refractivity contribution in [3.05, 3.63) is 15.8 Å². The van der Waals surface area contributed by atoms with Crippen molar-refractivity contribution >= 4 is 23.0 Å². The second-order valence-electron chi connectivity index (χ2n) is 6.11. The van der Waals surface area contributed by atoms with Gasteiger partial charge in [0.1, 0.15) is 4.88 Å². The average Bonchev–Trinajstić information content (AvgIpc) is 2.95. The molecule has 0 aliphatic carbocycles. The van der Waals surface area contributed by atoms with Crippen molar-refractivity contribution in [1.29, 1.82) is 0 Å². The molecule has 2 aliphatic rings. The van der Waals surface area contributed by atoms with Gasteiger partial charge in [0.15, 0.2) is 0 Å². The summed E-state index contributed by atoms with van der Waals surface area (Å²) in [5, 5.41) is 5.68. The van der Waals surface area contributed by atoms with Gasteiger partial charge >= 0.3 is 5.97 Å². The third-order valence-electron chi connectivity index (χ3n) is 4.80. The first kappa shape index (κ1) is 14.9. The first-order chi connectivity index (χ1) is 10.2. The number of fused-ring (bicyclic) bond motifs is 2. The molecule has 1 N–H and O–H groups in total. The molecule has 2 atom stereocenters. The lowest BCUT2D eigenvalue weighted by Gasteiger charge is -2.41. The van der Waals surface area contributed by atoms with Crippen molar-refractivity contribution in [2.75, 3.05) is 18.6 Å². The van der Waals surface area contributed by atoms with Crippen LogP contribution in [0.15, 0.2) is 5.38 Å². The molecule has 21 heavy (non-hydrogen) atoms. The molecule has 0 spiro atoms. The van der Waals surface area contributed by atoms with Crippen LogP contribution in [0, 0.1) is 6.92 Å². The molecule has 2 aliphatic heterocycles. The minimum absolute atomic E-state index is 0.198. The topological polar surface area (TPSA) is 41.6 Å². The largest absolute Gasteiger partial charge is 0.465 e. The van der Waals surface area contributed by atoms with Crippen LogP contribution in [-0.2, 0) is 4.74 Å². The molecule has 1 aromatic rings. The summed E-state index contributed by atoms with van der Waals surface area (Å²) in [7, 11) is 1.47. The lowest BCUT2D eigenvalue weighted by molar-refractivity contribution is 0.0606. The van der Waals surface area contributed by atoms with Crippen LogP contribution in [0.3, 0.4) is 0 Å². The molecule has 0 amide bonds. The molecule has 1 aromatic heterocycles. The van der Waals surface area contributed by atoms with Gasteiger partial charge in [0.25, 0.3) is 0 Å². The SMILES string of the molecule is CCNC1CC2CCC(C1)N2c1c(C)csc1C(=O)OC. The molecule has 3 rings (SSSR count). The highest BCUT2D eigenvalue weighted by atomic mass is 32.1. The van der Waals surface area contributed by atoms with Gasteiger partial charge in [-0.15, -0.1) is 11.3 Å². The molecule has 5 heteroatoms. The molecular formula is C16H24N2O2S. The zero-order chi connectivity index (χ0) is 15.0. The van der Waals surface area contributed by atoms with E-state index in [0.717, 1.165) is 17.1 Å². The highest BCUT2D eigenvalue weighted by Gasteiger charge is 2.42. The number of carbonyl (C=O) groups is 1. The number of carbonyl (C=O) groups excluding carboxylic acids is 1. The molecule has 2 saturated heterocycles. The molecule has 2 fully saturated rings. The van der Waals surface area contributed by atoms with Gasteiger partial charge in [-0.25, -0.2) is 4.79 Å². The normalized spacial score (nSPS) is 28.0. The van der Waals surface area contributed by atoms with Gasteiger partial charge in [-0.1, -0.05) is 6.92 Å². The number of piperidine rings is 1. The summed E-state index contributed by atoms with van der Waals surface area (Å²) in [5.41, 5.74) is 2.34. The van der Waals surface area contributed by atoms with Gasteiger partial charge in [-0.05, 0) is 50.1 Å². The number of methoxy groups -OCH3 is 1.